The molecule has 0 aliphatic carbocycles. The quantitative estimate of drug-likeness (QED) is 0.261. The summed E-state index contributed by atoms with van der Waals surface area (Å²) < 4.78 is 16.4. The topological polar surface area (TPSA) is 97.1 Å². The maximum Gasteiger partial charge on any atom is 0.335 e. The number of aromatic nitrogens is 3. The predicted octanol–water partition coefficient (Wildman–Crippen LogP) is 6.07. The molecular formula is C32H23FN4O3. The monoisotopic (exact) mass is 530 g/mol. The third-order valence-electron chi connectivity index (χ3n) is 6.84. The summed E-state index contributed by atoms with van der Waals surface area (Å²) in [7, 11) is 0. The number of carboxylic acid groups (broad SMARTS) is 1. The van der Waals surface area contributed by atoms with Gasteiger partial charge in [-0.1, -0.05) is 71.9 Å². The third kappa shape index (κ3) is 4.90. The van der Waals surface area contributed by atoms with Crippen LogP contribution < -0.4 is 5.32 Å². The fourth-order valence-corrected chi connectivity index (χ4v) is 4.80. The molecule has 40 heavy (non-hydrogen) atoms. The lowest BCUT2D eigenvalue weighted by molar-refractivity contribution is 0.0696. The summed E-state index contributed by atoms with van der Waals surface area (Å²) in [5.41, 5.74) is 4.08. The van der Waals surface area contributed by atoms with Crippen LogP contribution in [0.15, 0.2) is 103 Å². The first kappa shape index (κ1) is 24.9. The number of carbonyl (C=O) groups excluding carboxylic acids is 1. The lowest BCUT2D eigenvalue weighted by atomic mass is 10.0. The molecule has 0 saturated heterocycles. The molecule has 1 heterocycles. The Kier molecular flexibility index (Phi) is 6.49. The molecule has 196 valence electrons. The molecule has 2 N–H and O–H groups in total. The smallest absolute Gasteiger partial charge is 0.335 e. The number of aromatic carboxylic acids is 1. The zero-order valence-corrected chi connectivity index (χ0v) is 21.2. The van der Waals surface area contributed by atoms with Crippen LogP contribution in [0, 0.1) is 5.82 Å². The largest absolute Gasteiger partial charge is 0.478 e. The molecule has 6 aromatic rings. The molecular weight excluding hydrogens is 507 g/mol. The van der Waals surface area contributed by atoms with E-state index in [1.807, 2.05) is 36.4 Å². The first-order valence-corrected chi connectivity index (χ1v) is 12.7. The van der Waals surface area contributed by atoms with E-state index in [1.54, 1.807) is 47.1 Å². The van der Waals surface area contributed by atoms with E-state index in [2.05, 4.69) is 21.7 Å². The minimum atomic E-state index is -1.02. The highest BCUT2D eigenvalue weighted by molar-refractivity contribution is 6.06. The van der Waals surface area contributed by atoms with Crippen LogP contribution in [0.5, 0.6) is 0 Å². The van der Waals surface area contributed by atoms with Gasteiger partial charge in [0.05, 0.1) is 17.7 Å². The average molecular weight is 531 g/mol. The SMILES string of the molecule is O=C(O)c1ccc(CNC(=O)c2cc(-c3ccccc3F)cc3nnn(Cc4ccc5ccccc5c4)c23)cc1. The Morgan fingerprint density at radius 3 is 2.33 bits per heavy atom. The predicted molar refractivity (Wildman–Crippen MR) is 151 cm³/mol. The standard InChI is InChI=1S/C32H23FN4O3/c33-28-8-4-3-7-26(28)25-16-27(31(38)34-18-20-9-13-23(14-10-20)32(39)40)30-29(17-25)35-36-37(30)19-21-11-12-22-5-1-2-6-24(22)15-21/h1-17H,18-19H2,(H,34,38)(H,39,40). The molecule has 0 bridgehead atoms. The molecule has 8 heteroatoms. The minimum absolute atomic E-state index is 0.165. The summed E-state index contributed by atoms with van der Waals surface area (Å²) in [4.78, 5) is 24.7. The van der Waals surface area contributed by atoms with E-state index in [-0.39, 0.29) is 18.0 Å². The molecule has 0 spiro atoms. The highest BCUT2D eigenvalue weighted by Gasteiger charge is 2.20. The molecule has 0 fully saturated rings. The molecule has 0 aliphatic heterocycles. The van der Waals surface area contributed by atoms with Gasteiger partial charge in [0, 0.05) is 12.1 Å². The summed E-state index contributed by atoms with van der Waals surface area (Å²) >= 11 is 0. The van der Waals surface area contributed by atoms with Gasteiger partial charge in [0.2, 0.25) is 0 Å². The molecule has 0 aliphatic rings. The van der Waals surface area contributed by atoms with E-state index in [0.717, 1.165) is 21.9 Å². The number of fused-ring (bicyclic) bond motifs is 2. The first-order valence-electron chi connectivity index (χ1n) is 12.7. The number of carboxylic acids is 1. The fraction of sp³-hybridized carbons (Fsp3) is 0.0625. The van der Waals surface area contributed by atoms with Gasteiger partial charge in [-0.3, -0.25) is 4.79 Å². The van der Waals surface area contributed by atoms with E-state index in [9.17, 15) is 14.0 Å². The average Bonchev–Trinajstić information content (AvgIpc) is 3.38. The zero-order chi connectivity index (χ0) is 27.6. The zero-order valence-electron chi connectivity index (χ0n) is 21.2. The molecule has 7 nitrogen and oxygen atoms in total. The Morgan fingerprint density at radius 2 is 1.55 bits per heavy atom. The van der Waals surface area contributed by atoms with Crippen molar-refractivity contribution in [2.45, 2.75) is 13.1 Å². The summed E-state index contributed by atoms with van der Waals surface area (Å²) in [6.07, 6.45) is 0. The lowest BCUT2D eigenvalue weighted by Crippen LogP contribution is -2.24. The third-order valence-corrected chi connectivity index (χ3v) is 6.84. The van der Waals surface area contributed by atoms with Crippen LogP contribution in [0.3, 0.4) is 0 Å². The maximum absolute atomic E-state index is 14.7. The minimum Gasteiger partial charge on any atom is -0.478 e. The molecule has 5 aromatic carbocycles. The van der Waals surface area contributed by atoms with Gasteiger partial charge >= 0.3 is 5.97 Å². The van der Waals surface area contributed by atoms with Crippen molar-refractivity contribution in [1.82, 2.24) is 20.3 Å². The van der Waals surface area contributed by atoms with Crippen LogP contribution in [0.2, 0.25) is 0 Å². The number of hydrogen-bond donors (Lipinski definition) is 2. The number of hydrogen-bond acceptors (Lipinski definition) is 4. The van der Waals surface area contributed by atoms with Crippen molar-refractivity contribution in [3.05, 3.63) is 131 Å². The Labute approximate surface area is 228 Å². The number of nitrogens with one attached hydrogen (secondary N) is 1. The number of benzene rings is 5. The van der Waals surface area contributed by atoms with E-state index in [4.69, 9.17) is 5.11 Å². The van der Waals surface area contributed by atoms with Crippen molar-refractivity contribution < 1.29 is 19.1 Å². The second-order valence-corrected chi connectivity index (χ2v) is 9.48. The summed E-state index contributed by atoms with van der Waals surface area (Å²) in [5, 5.41) is 23.0. The van der Waals surface area contributed by atoms with Gasteiger partial charge < -0.3 is 10.4 Å². The van der Waals surface area contributed by atoms with E-state index in [0.29, 0.717) is 34.3 Å². The summed E-state index contributed by atoms with van der Waals surface area (Å²) in [6, 6.07) is 30.3. The number of nitrogens with zero attached hydrogens (tertiary/aromatic N) is 3. The number of carbonyl (C=O) groups is 2. The highest BCUT2D eigenvalue weighted by atomic mass is 19.1. The van der Waals surface area contributed by atoms with E-state index >= 15 is 0 Å². The van der Waals surface area contributed by atoms with Gasteiger partial charge in [-0.15, -0.1) is 5.10 Å². The van der Waals surface area contributed by atoms with Gasteiger partial charge in [-0.2, -0.15) is 0 Å². The summed E-state index contributed by atoms with van der Waals surface area (Å²) in [6.45, 7) is 0.563. The van der Waals surface area contributed by atoms with Gasteiger partial charge in [-0.05, 0) is 63.9 Å². The second-order valence-electron chi connectivity index (χ2n) is 9.48. The maximum atomic E-state index is 14.7. The second kappa shape index (κ2) is 10.4. The number of halogens is 1. The van der Waals surface area contributed by atoms with E-state index in [1.165, 1.54) is 18.2 Å². The Hall–Kier alpha value is -5.37. The molecule has 0 saturated carbocycles. The molecule has 6 rings (SSSR count). The Bertz CT molecular complexity index is 1900. The fourth-order valence-electron chi connectivity index (χ4n) is 4.80. The van der Waals surface area contributed by atoms with Crippen LogP contribution in [0.25, 0.3) is 32.9 Å². The normalized spacial score (nSPS) is 11.1. The molecule has 0 radical (unpaired) electrons. The van der Waals surface area contributed by atoms with Crippen LogP contribution in [0.1, 0.15) is 31.8 Å². The van der Waals surface area contributed by atoms with Crippen LogP contribution >= 0.6 is 0 Å². The number of rotatable bonds is 7. The van der Waals surface area contributed by atoms with Crippen molar-refractivity contribution in [1.29, 1.82) is 0 Å². The van der Waals surface area contributed by atoms with Gasteiger partial charge in [-0.25, -0.2) is 13.9 Å². The van der Waals surface area contributed by atoms with Gasteiger partial charge in [0.1, 0.15) is 16.9 Å². The van der Waals surface area contributed by atoms with Crippen molar-refractivity contribution >= 4 is 33.7 Å². The Balaban J connectivity index is 1.38. The van der Waals surface area contributed by atoms with Crippen molar-refractivity contribution in [2.75, 3.05) is 0 Å². The molecule has 1 amide bonds. The van der Waals surface area contributed by atoms with Crippen LogP contribution in [-0.4, -0.2) is 32.0 Å². The number of amides is 1. The van der Waals surface area contributed by atoms with Crippen molar-refractivity contribution in [3.63, 3.8) is 0 Å². The molecule has 1 aromatic heterocycles. The van der Waals surface area contributed by atoms with Gasteiger partial charge in [0.15, 0.2) is 0 Å². The van der Waals surface area contributed by atoms with Crippen molar-refractivity contribution in [3.8, 4) is 11.1 Å². The highest BCUT2D eigenvalue weighted by Crippen LogP contribution is 2.29. The Morgan fingerprint density at radius 1 is 0.825 bits per heavy atom. The molecule has 0 unspecified atom stereocenters. The van der Waals surface area contributed by atoms with Crippen LogP contribution in [0.4, 0.5) is 4.39 Å². The van der Waals surface area contributed by atoms with Gasteiger partial charge in [0.25, 0.3) is 5.91 Å². The van der Waals surface area contributed by atoms with Crippen molar-refractivity contribution in [2.24, 2.45) is 0 Å². The van der Waals surface area contributed by atoms with Crippen LogP contribution in [-0.2, 0) is 13.1 Å². The summed E-state index contributed by atoms with van der Waals surface area (Å²) in [5.74, 6) is -1.81. The first-order chi connectivity index (χ1) is 19.5. The van der Waals surface area contributed by atoms with E-state index < -0.39 is 11.8 Å². The lowest BCUT2D eigenvalue weighted by Gasteiger charge is -2.12. The molecule has 0 atom stereocenters.